The van der Waals surface area contributed by atoms with Gasteiger partial charge in [-0.1, -0.05) is 0 Å². The molecule has 0 aromatic carbocycles. The highest BCUT2D eigenvalue weighted by atomic mass is 32.1. The van der Waals surface area contributed by atoms with E-state index in [1.165, 1.54) is 11.3 Å². The molecule has 0 saturated heterocycles. The van der Waals surface area contributed by atoms with E-state index in [1.807, 2.05) is 39.4 Å². The van der Waals surface area contributed by atoms with Crippen molar-refractivity contribution in [3.8, 4) is 11.3 Å². The minimum absolute atomic E-state index is 0.361. The molecule has 0 unspecified atom stereocenters. The quantitative estimate of drug-likeness (QED) is 0.944. The Balaban J connectivity index is 1.92. The van der Waals surface area contributed by atoms with Crippen LogP contribution in [-0.2, 0) is 18.3 Å². The first kappa shape index (κ1) is 14.5. The summed E-state index contributed by atoms with van der Waals surface area (Å²) < 4.78 is 6.90. The molecule has 0 aliphatic heterocycles. The molecule has 2 heterocycles. The Morgan fingerprint density at radius 2 is 2.25 bits per heavy atom. The fourth-order valence-corrected chi connectivity index (χ4v) is 2.28. The highest BCUT2D eigenvalue weighted by molar-refractivity contribution is 7.09. The molecule has 2 rings (SSSR count). The summed E-state index contributed by atoms with van der Waals surface area (Å²) >= 11 is 1.50. The Kier molecular flexibility index (Phi) is 4.08. The molecule has 0 spiro atoms. The van der Waals surface area contributed by atoms with Crippen LogP contribution in [0.5, 0.6) is 0 Å². The van der Waals surface area contributed by atoms with Crippen LogP contribution < -0.4 is 5.32 Å². The average molecular weight is 294 g/mol. The van der Waals surface area contributed by atoms with Gasteiger partial charge in [0.15, 0.2) is 0 Å². The average Bonchev–Trinajstić information content (AvgIpc) is 2.92. The molecule has 6 nitrogen and oxygen atoms in total. The minimum Gasteiger partial charge on any atom is -0.444 e. The van der Waals surface area contributed by atoms with Gasteiger partial charge >= 0.3 is 6.09 Å². The van der Waals surface area contributed by atoms with E-state index in [0.29, 0.717) is 6.54 Å². The predicted molar refractivity (Wildman–Crippen MR) is 77.4 cm³/mol. The number of ether oxygens (including phenoxy) is 1. The maximum Gasteiger partial charge on any atom is 0.408 e. The van der Waals surface area contributed by atoms with Gasteiger partial charge in [0.05, 0.1) is 18.4 Å². The van der Waals surface area contributed by atoms with E-state index in [-0.39, 0.29) is 0 Å². The molecule has 1 N–H and O–H groups in total. The van der Waals surface area contributed by atoms with Gasteiger partial charge in [-0.05, 0) is 20.8 Å². The number of nitrogens with zero attached hydrogens (tertiary/aromatic N) is 3. The lowest BCUT2D eigenvalue weighted by atomic mass is 10.2. The zero-order valence-electron chi connectivity index (χ0n) is 12.0. The first-order valence-electron chi connectivity index (χ1n) is 6.24. The van der Waals surface area contributed by atoms with Gasteiger partial charge in [-0.25, -0.2) is 9.78 Å². The van der Waals surface area contributed by atoms with Crippen LogP contribution in [0.4, 0.5) is 4.79 Å². The molecule has 7 heteroatoms. The number of hydrogen-bond donors (Lipinski definition) is 1. The molecule has 0 radical (unpaired) electrons. The number of carbonyl (C=O) groups is 1. The van der Waals surface area contributed by atoms with Crippen molar-refractivity contribution in [3.05, 3.63) is 22.8 Å². The van der Waals surface area contributed by atoms with Gasteiger partial charge in [-0.3, -0.25) is 4.68 Å². The van der Waals surface area contributed by atoms with Gasteiger partial charge < -0.3 is 10.1 Å². The summed E-state index contributed by atoms with van der Waals surface area (Å²) in [5, 5.41) is 9.58. The standard InChI is InChI=1S/C13H18N4O2S/c1-13(2,3)19-12(18)14-6-11-16-10(8-20-11)9-5-15-17(4)7-9/h5,7-8H,6H2,1-4H3,(H,14,18). The highest BCUT2D eigenvalue weighted by Crippen LogP contribution is 2.21. The van der Waals surface area contributed by atoms with E-state index in [1.54, 1.807) is 10.9 Å². The summed E-state index contributed by atoms with van der Waals surface area (Å²) in [6.07, 6.45) is 3.23. The molecule has 2 aromatic heterocycles. The van der Waals surface area contributed by atoms with Crippen LogP contribution in [0.2, 0.25) is 0 Å². The largest absolute Gasteiger partial charge is 0.444 e. The summed E-state index contributed by atoms with van der Waals surface area (Å²) in [7, 11) is 1.86. The number of rotatable bonds is 3. The van der Waals surface area contributed by atoms with Gasteiger partial charge in [0.25, 0.3) is 0 Å². The molecule has 108 valence electrons. The lowest BCUT2D eigenvalue weighted by molar-refractivity contribution is 0.0523. The van der Waals surface area contributed by atoms with Crippen molar-refractivity contribution < 1.29 is 9.53 Å². The van der Waals surface area contributed by atoms with Crippen molar-refractivity contribution in [1.82, 2.24) is 20.1 Å². The molecule has 0 atom stereocenters. The number of nitrogens with one attached hydrogen (secondary N) is 1. The van der Waals surface area contributed by atoms with E-state index < -0.39 is 11.7 Å². The second-order valence-electron chi connectivity index (χ2n) is 5.38. The summed E-state index contributed by atoms with van der Waals surface area (Å²) in [5.41, 5.74) is 1.34. The SMILES string of the molecule is Cn1cc(-c2csc(CNC(=O)OC(C)(C)C)n2)cn1. The van der Waals surface area contributed by atoms with Crippen LogP contribution in [0.15, 0.2) is 17.8 Å². The molecule has 20 heavy (non-hydrogen) atoms. The second-order valence-corrected chi connectivity index (χ2v) is 6.33. The van der Waals surface area contributed by atoms with E-state index in [2.05, 4.69) is 15.4 Å². The molecule has 0 fully saturated rings. The summed E-state index contributed by atoms with van der Waals surface area (Å²) in [5.74, 6) is 0. The van der Waals surface area contributed by atoms with Gasteiger partial charge in [-0.15, -0.1) is 11.3 Å². The van der Waals surface area contributed by atoms with Crippen LogP contribution in [-0.4, -0.2) is 26.5 Å². The molecular weight excluding hydrogens is 276 g/mol. The van der Waals surface area contributed by atoms with E-state index >= 15 is 0 Å². The number of alkyl carbamates (subject to hydrolysis) is 1. The molecule has 0 bridgehead atoms. The molecule has 0 saturated carbocycles. The van der Waals surface area contributed by atoms with Crippen molar-refractivity contribution in [2.75, 3.05) is 0 Å². The number of aryl methyl sites for hydroxylation is 1. The smallest absolute Gasteiger partial charge is 0.408 e. The fraction of sp³-hybridized carbons (Fsp3) is 0.462. The van der Waals surface area contributed by atoms with Crippen molar-refractivity contribution in [2.45, 2.75) is 32.9 Å². The Morgan fingerprint density at radius 3 is 2.85 bits per heavy atom. The first-order chi connectivity index (χ1) is 9.33. The number of aromatic nitrogens is 3. The maximum absolute atomic E-state index is 11.5. The van der Waals surface area contributed by atoms with Crippen LogP contribution in [0.3, 0.4) is 0 Å². The van der Waals surface area contributed by atoms with Gasteiger partial charge in [0.2, 0.25) is 0 Å². The van der Waals surface area contributed by atoms with Crippen LogP contribution in [0.1, 0.15) is 25.8 Å². The van der Waals surface area contributed by atoms with Crippen molar-refractivity contribution in [3.63, 3.8) is 0 Å². The van der Waals surface area contributed by atoms with Crippen LogP contribution >= 0.6 is 11.3 Å². The first-order valence-corrected chi connectivity index (χ1v) is 7.12. The lowest BCUT2D eigenvalue weighted by Gasteiger charge is -2.19. The van der Waals surface area contributed by atoms with E-state index in [0.717, 1.165) is 16.3 Å². The summed E-state index contributed by atoms with van der Waals surface area (Å²) in [6, 6.07) is 0. The Bertz CT molecular complexity index is 598. The van der Waals surface area contributed by atoms with Gasteiger partial charge in [-0.2, -0.15) is 5.10 Å². The van der Waals surface area contributed by atoms with Crippen LogP contribution in [0.25, 0.3) is 11.3 Å². The number of thiazole rings is 1. The molecular formula is C13H18N4O2S. The predicted octanol–water partition coefficient (Wildman–Crippen LogP) is 2.57. The third kappa shape index (κ3) is 4.06. The van der Waals surface area contributed by atoms with E-state index in [9.17, 15) is 4.79 Å². The number of hydrogen-bond acceptors (Lipinski definition) is 5. The maximum atomic E-state index is 11.5. The second kappa shape index (κ2) is 5.62. The Labute approximate surface area is 121 Å². The lowest BCUT2D eigenvalue weighted by Crippen LogP contribution is -2.32. The number of amides is 1. The Hall–Kier alpha value is -1.89. The normalized spacial score (nSPS) is 11.4. The highest BCUT2D eigenvalue weighted by Gasteiger charge is 2.16. The Morgan fingerprint density at radius 1 is 1.50 bits per heavy atom. The van der Waals surface area contributed by atoms with Crippen molar-refractivity contribution in [1.29, 1.82) is 0 Å². The monoisotopic (exact) mass is 294 g/mol. The van der Waals surface area contributed by atoms with Crippen LogP contribution in [0, 0.1) is 0 Å². The molecule has 0 aliphatic rings. The zero-order valence-corrected chi connectivity index (χ0v) is 12.8. The third-order valence-corrected chi connectivity index (χ3v) is 3.18. The van der Waals surface area contributed by atoms with Gasteiger partial charge in [0, 0.05) is 24.2 Å². The molecule has 0 aliphatic carbocycles. The minimum atomic E-state index is -0.492. The van der Waals surface area contributed by atoms with Crippen molar-refractivity contribution in [2.24, 2.45) is 7.05 Å². The summed E-state index contributed by atoms with van der Waals surface area (Å²) in [6.45, 7) is 5.85. The van der Waals surface area contributed by atoms with Crippen molar-refractivity contribution >= 4 is 17.4 Å². The fourth-order valence-electron chi connectivity index (χ4n) is 1.54. The molecule has 1 amide bonds. The topological polar surface area (TPSA) is 69.0 Å². The summed E-state index contributed by atoms with van der Waals surface area (Å²) in [4.78, 5) is 16.0. The van der Waals surface area contributed by atoms with Gasteiger partial charge in [0.1, 0.15) is 10.6 Å². The third-order valence-electron chi connectivity index (χ3n) is 2.34. The molecule has 2 aromatic rings. The zero-order chi connectivity index (χ0) is 14.8. The number of carbonyl (C=O) groups excluding carboxylic acids is 1. The van der Waals surface area contributed by atoms with E-state index in [4.69, 9.17) is 4.74 Å².